The van der Waals surface area contributed by atoms with E-state index in [-0.39, 0.29) is 0 Å². The van der Waals surface area contributed by atoms with Gasteiger partial charge in [-0.05, 0) is 24.1 Å². The van der Waals surface area contributed by atoms with E-state index in [0.717, 1.165) is 8.02 Å². The minimum absolute atomic E-state index is 0.387. The van der Waals surface area contributed by atoms with Gasteiger partial charge in [-0.25, -0.2) is 4.39 Å². The third-order valence-corrected chi connectivity index (χ3v) is 5.09. The van der Waals surface area contributed by atoms with Crippen LogP contribution in [0.2, 0.25) is 0 Å². The summed E-state index contributed by atoms with van der Waals surface area (Å²) in [6.07, 6.45) is 0. The van der Waals surface area contributed by atoms with Gasteiger partial charge in [0, 0.05) is 14.1 Å². The summed E-state index contributed by atoms with van der Waals surface area (Å²) >= 11 is 5.49. The van der Waals surface area contributed by atoms with Crippen molar-refractivity contribution >= 4 is 39.4 Å². The van der Waals surface area contributed by atoms with Crippen LogP contribution in [0.1, 0.15) is 0 Å². The first-order valence-corrected chi connectivity index (χ1v) is 7.25. The van der Waals surface area contributed by atoms with Crippen LogP contribution in [0.25, 0.3) is 0 Å². The van der Waals surface area contributed by atoms with Gasteiger partial charge in [0.2, 0.25) is 4.96 Å². The molecule has 0 aliphatic carbocycles. The number of hydrogen-bond acceptors (Lipinski definition) is 3. The second-order valence-electron chi connectivity index (χ2n) is 3.09. The summed E-state index contributed by atoms with van der Waals surface area (Å²) in [5.74, 6) is 0. The van der Waals surface area contributed by atoms with E-state index in [4.69, 9.17) is 11.6 Å². The second-order valence-corrected chi connectivity index (χ2v) is 7.12. The lowest BCUT2D eigenvalue weighted by Gasteiger charge is -2.24. The molecule has 0 spiro atoms. The Morgan fingerprint density at radius 1 is 1.29 bits per heavy atom. The summed E-state index contributed by atoms with van der Waals surface area (Å²) in [7, 11) is -1.15. The molecule has 8 heteroatoms. The third-order valence-electron chi connectivity index (χ3n) is 2.02. The predicted molar refractivity (Wildman–Crippen MR) is 69.9 cm³/mol. The molecule has 0 aromatic heterocycles. The first-order chi connectivity index (χ1) is 7.85. The maximum Gasteiger partial charge on any atom is 0.313 e. The van der Waals surface area contributed by atoms with E-state index < -0.39 is 15.2 Å². The lowest BCUT2D eigenvalue weighted by Crippen LogP contribution is -2.36. The van der Waals surface area contributed by atoms with E-state index in [1.54, 1.807) is 30.3 Å². The van der Waals surface area contributed by atoms with Crippen molar-refractivity contribution in [1.29, 1.82) is 0 Å². The van der Waals surface area contributed by atoms with Crippen LogP contribution >= 0.6 is 23.5 Å². The molecule has 4 nitrogen and oxygen atoms in total. The zero-order valence-electron chi connectivity index (χ0n) is 9.25. The maximum absolute atomic E-state index is 12.6. The molecule has 1 unspecified atom stereocenters. The minimum atomic E-state index is -3.78. The number of benzene rings is 1. The Balaban J connectivity index is 2.91. The molecule has 0 N–H and O–H groups in total. The number of rotatable bonds is 5. The summed E-state index contributed by atoms with van der Waals surface area (Å²) < 4.78 is 38.3. The molecule has 0 bridgehead atoms. The molecule has 0 amide bonds. The molecular weight excluding hydrogens is 287 g/mol. The number of halogens is 2. The fourth-order valence-electron chi connectivity index (χ4n) is 1.11. The van der Waals surface area contributed by atoms with Gasteiger partial charge in [-0.15, -0.1) is 3.71 Å². The lowest BCUT2D eigenvalue weighted by atomic mass is 10.3. The molecule has 17 heavy (non-hydrogen) atoms. The Kier molecular flexibility index (Phi) is 5.05. The number of para-hydroxylation sites is 1. The lowest BCUT2D eigenvalue weighted by molar-refractivity contribution is 0.540. The number of nitrogens with zero attached hydrogens (tertiary/aromatic N) is 2. The van der Waals surface area contributed by atoms with Gasteiger partial charge < -0.3 is 0 Å². The smallest absolute Gasteiger partial charge is 0.260 e. The van der Waals surface area contributed by atoms with E-state index in [1.165, 1.54) is 14.1 Å². The van der Waals surface area contributed by atoms with Crippen LogP contribution in [0, 0.1) is 0 Å². The van der Waals surface area contributed by atoms with Crippen molar-refractivity contribution in [1.82, 2.24) is 3.71 Å². The molecule has 0 aliphatic heterocycles. The predicted octanol–water partition coefficient (Wildman–Crippen LogP) is 2.44. The van der Waals surface area contributed by atoms with Crippen molar-refractivity contribution in [3.05, 3.63) is 30.3 Å². The highest BCUT2D eigenvalue weighted by atomic mass is 35.5. The second kappa shape index (κ2) is 5.90. The quantitative estimate of drug-likeness (QED) is 0.619. The SMILES string of the molecule is CN(SC(F)Cl)S(=O)(=O)N(C)c1ccccc1. The Labute approximate surface area is 110 Å². The Morgan fingerprint density at radius 3 is 2.29 bits per heavy atom. The Bertz CT molecular complexity index is 455. The maximum atomic E-state index is 12.6. The largest absolute Gasteiger partial charge is 0.313 e. The molecule has 96 valence electrons. The van der Waals surface area contributed by atoms with Gasteiger partial charge in [0.1, 0.15) is 0 Å². The van der Waals surface area contributed by atoms with Crippen molar-refractivity contribution in [3.63, 3.8) is 0 Å². The number of hydrogen-bond donors (Lipinski definition) is 0. The average molecular weight is 299 g/mol. The zero-order valence-corrected chi connectivity index (χ0v) is 11.6. The van der Waals surface area contributed by atoms with Crippen LogP contribution in [0.5, 0.6) is 0 Å². The van der Waals surface area contributed by atoms with Crippen molar-refractivity contribution in [2.24, 2.45) is 0 Å². The van der Waals surface area contributed by atoms with Gasteiger partial charge in [-0.3, -0.25) is 4.31 Å². The molecule has 1 aromatic carbocycles. The molecule has 0 saturated carbocycles. The van der Waals surface area contributed by atoms with E-state index in [9.17, 15) is 12.8 Å². The normalized spacial score (nSPS) is 13.7. The Morgan fingerprint density at radius 2 is 1.82 bits per heavy atom. The van der Waals surface area contributed by atoms with Gasteiger partial charge in [0.25, 0.3) is 0 Å². The van der Waals surface area contributed by atoms with Gasteiger partial charge >= 0.3 is 10.2 Å². The van der Waals surface area contributed by atoms with Crippen molar-refractivity contribution < 1.29 is 12.8 Å². The topological polar surface area (TPSA) is 40.6 Å². The highest BCUT2D eigenvalue weighted by Crippen LogP contribution is 2.26. The van der Waals surface area contributed by atoms with E-state index in [1.807, 2.05) is 0 Å². The molecule has 1 atom stereocenters. The highest BCUT2D eigenvalue weighted by molar-refractivity contribution is 8.09. The molecule has 1 aromatic rings. The number of anilines is 1. The molecule has 0 heterocycles. The fourth-order valence-corrected chi connectivity index (χ4v) is 3.53. The van der Waals surface area contributed by atoms with Crippen LogP contribution < -0.4 is 4.31 Å². The van der Waals surface area contributed by atoms with Gasteiger partial charge in [-0.2, -0.15) is 8.42 Å². The van der Waals surface area contributed by atoms with Crippen molar-refractivity contribution in [3.8, 4) is 0 Å². The van der Waals surface area contributed by atoms with Crippen LogP contribution in [0.3, 0.4) is 0 Å². The van der Waals surface area contributed by atoms with E-state index >= 15 is 0 Å². The van der Waals surface area contributed by atoms with Crippen LogP contribution in [-0.2, 0) is 10.2 Å². The standard InChI is InChI=1S/C9H12ClFN2O2S2/c1-12(8-6-4-3-5-7-8)17(14,15)13(2)16-9(10)11/h3-7,9H,1-2H3. The summed E-state index contributed by atoms with van der Waals surface area (Å²) in [4.78, 5) is -1.81. The first-order valence-electron chi connectivity index (χ1n) is 4.58. The summed E-state index contributed by atoms with van der Waals surface area (Å²) in [5, 5.41) is 0. The highest BCUT2D eigenvalue weighted by Gasteiger charge is 2.26. The molecular formula is C9H12ClFN2O2S2. The number of alkyl halides is 2. The summed E-state index contributed by atoms with van der Waals surface area (Å²) in [6.45, 7) is 0. The Hall–Kier alpha value is -0.500. The van der Waals surface area contributed by atoms with Crippen LogP contribution in [0.15, 0.2) is 30.3 Å². The summed E-state index contributed by atoms with van der Waals surface area (Å²) in [6, 6.07) is 8.49. The van der Waals surface area contributed by atoms with E-state index in [2.05, 4.69) is 0 Å². The van der Waals surface area contributed by atoms with Gasteiger partial charge in [0.05, 0.1) is 5.69 Å². The van der Waals surface area contributed by atoms with Gasteiger partial charge in [-0.1, -0.05) is 29.8 Å². The monoisotopic (exact) mass is 298 g/mol. The van der Waals surface area contributed by atoms with Crippen molar-refractivity contribution in [2.75, 3.05) is 18.4 Å². The molecule has 0 radical (unpaired) electrons. The fraction of sp³-hybridized carbons (Fsp3) is 0.333. The summed E-state index contributed by atoms with van der Waals surface area (Å²) in [5.41, 5.74) is 0.491. The van der Waals surface area contributed by atoms with Crippen LogP contribution in [-0.4, -0.2) is 31.2 Å². The molecule has 0 saturated heterocycles. The third kappa shape index (κ3) is 3.74. The van der Waals surface area contributed by atoms with Crippen LogP contribution in [0.4, 0.5) is 10.1 Å². The molecule has 0 fully saturated rings. The molecule has 0 aliphatic rings. The van der Waals surface area contributed by atoms with Crippen molar-refractivity contribution in [2.45, 2.75) is 4.96 Å². The van der Waals surface area contributed by atoms with E-state index in [0.29, 0.717) is 17.6 Å². The minimum Gasteiger partial charge on any atom is -0.260 e. The average Bonchev–Trinajstić information content (AvgIpc) is 2.28. The van der Waals surface area contributed by atoms with Gasteiger partial charge in [0.15, 0.2) is 0 Å². The molecule has 1 rings (SSSR count). The first kappa shape index (κ1) is 14.6. The zero-order chi connectivity index (χ0) is 13.1.